The van der Waals surface area contributed by atoms with Crippen LogP contribution in [-0.4, -0.2) is 19.1 Å². The molecule has 2 rings (SSSR count). The molecule has 0 aliphatic carbocycles. The van der Waals surface area contributed by atoms with Gasteiger partial charge in [0.25, 0.3) is 0 Å². The molecule has 2 unspecified atom stereocenters. The molecular formula is C13H18N2O2. The van der Waals surface area contributed by atoms with Crippen molar-refractivity contribution in [3.8, 4) is 5.75 Å². The molecule has 2 atom stereocenters. The van der Waals surface area contributed by atoms with Crippen molar-refractivity contribution < 1.29 is 9.53 Å². The normalized spacial score (nSPS) is 19.9. The fraction of sp³-hybridized carbons (Fsp3) is 0.462. The summed E-state index contributed by atoms with van der Waals surface area (Å²) in [5.74, 6) is 1.08. The summed E-state index contributed by atoms with van der Waals surface area (Å²) in [5, 5.41) is 6.20. The lowest BCUT2D eigenvalue weighted by molar-refractivity contribution is -0.118. The molecule has 0 radical (unpaired) electrons. The minimum absolute atomic E-state index is 0.0279. The topological polar surface area (TPSA) is 50.4 Å². The Balaban J connectivity index is 2.27. The van der Waals surface area contributed by atoms with Crippen molar-refractivity contribution in [3.63, 3.8) is 0 Å². The van der Waals surface area contributed by atoms with Gasteiger partial charge in [0.1, 0.15) is 11.8 Å². The van der Waals surface area contributed by atoms with E-state index in [1.54, 1.807) is 7.11 Å². The van der Waals surface area contributed by atoms with Gasteiger partial charge in [-0.05, 0) is 18.1 Å². The minimum Gasteiger partial charge on any atom is -0.497 e. The Morgan fingerprint density at radius 2 is 2.18 bits per heavy atom. The van der Waals surface area contributed by atoms with E-state index in [9.17, 15) is 4.79 Å². The number of hydrogen-bond donors (Lipinski definition) is 2. The Morgan fingerprint density at radius 3 is 2.82 bits per heavy atom. The molecule has 0 aromatic heterocycles. The molecule has 4 nitrogen and oxygen atoms in total. The van der Waals surface area contributed by atoms with Crippen LogP contribution in [0, 0.1) is 5.92 Å². The molecule has 4 heteroatoms. The molecule has 0 saturated heterocycles. The molecule has 1 aromatic rings. The first kappa shape index (κ1) is 11.8. The van der Waals surface area contributed by atoms with E-state index in [2.05, 4.69) is 24.5 Å². The van der Waals surface area contributed by atoms with E-state index in [4.69, 9.17) is 4.74 Å². The molecule has 0 bridgehead atoms. The van der Waals surface area contributed by atoms with Gasteiger partial charge in [0.05, 0.1) is 18.5 Å². The Hall–Kier alpha value is -1.71. The van der Waals surface area contributed by atoms with Gasteiger partial charge in [-0.2, -0.15) is 0 Å². The molecule has 92 valence electrons. The van der Waals surface area contributed by atoms with E-state index in [1.807, 2.05) is 18.2 Å². The van der Waals surface area contributed by atoms with E-state index in [-0.39, 0.29) is 11.9 Å². The third kappa shape index (κ3) is 2.20. The highest BCUT2D eigenvalue weighted by Gasteiger charge is 2.29. The highest BCUT2D eigenvalue weighted by atomic mass is 16.5. The second kappa shape index (κ2) is 4.65. The van der Waals surface area contributed by atoms with Gasteiger partial charge in [-0.1, -0.05) is 20.3 Å². The highest BCUT2D eigenvalue weighted by Crippen LogP contribution is 2.32. The number of hydrogen-bond acceptors (Lipinski definition) is 3. The number of carbonyl (C=O) groups excluding carboxylic acids is 1. The number of carbonyl (C=O) groups is 1. The second-order valence-electron chi connectivity index (χ2n) is 4.41. The van der Waals surface area contributed by atoms with Crippen LogP contribution >= 0.6 is 0 Å². The summed E-state index contributed by atoms with van der Waals surface area (Å²) in [4.78, 5) is 11.9. The first-order chi connectivity index (χ1) is 8.15. The number of anilines is 2. The smallest absolute Gasteiger partial charge is 0.247 e. The number of rotatable bonds is 3. The molecule has 0 saturated carbocycles. The summed E-state index contributed by atoms with van der Waals surface area (Å²) in [7, 11) is 1.61. The van der Waals surface area contributed by atoms with E-state index in [1.165, 1.54) is 0 Å². The molecule has 2 N–H and O–H groups in total. The minimum atomic E-state index is -0.152. The molecule has 0 spiro atoms. The fourth-order valence-electron chi connectivity index (χ4n) is 1.96. The monoisotopic (exact) mass is 234 g/mol. The van der Waals surface area contributed by atoms with Crippen molar-refractivity contribution in [1.29, 1.82) is 0 Å². The van der Waals surface area contributed by atoms with Crippen LogP contribution in [0.1, 0.15) is 20.3 Å². The summed E-state index contributed by atoms with van der Waals surface area (Å²) in [6.07, 6.45) is 0.969. The summed E-state index contributed by atoms with van der Waals surface area (Å²) in [6.45, 7) is 4.16. The van der Waals surface area contributed by atoms with Crippen LogP contribution < -0.4 is 15.4 Å². The first-order valence-electron chi connectivity index (χ1n) is 5.91. The van der Waals surface area contributed by atoms with Crippen LogP contribution in [0.15, 0.2) is 18.2 Å². The van der Waals surface area contributed by atoms with Gasteiger partial charge < -0.3 is 15.4 Å². The van der Waals surface area contributed by atoms with Gasteiger partial charge in [0.2, 0.25) is 5.91 Å². The number of methoxy groups -OCH3 is 1. The number of benzene rings is 1. The number of fused-ring (bicyclic) bond motifs is 1. The van der Waals surface area contributed by atoms with Crippen molar-refractivity contribution >= 4 is 17.3 Å². The Labute approximate surface area is 101 Å². The van der Waals surface area contributed by atoms with Crippen LogP contribution in [0.2, 0.25) is 0 Å². The zero-order valence-electron chi connectivity index (χ0n) is 10.4. The molecular weight excluding hydrogens is 216 g/mol. The SMILES string of the molecule is CCC(C)C1Nc2ccc(OC)cc2NC1=O. The average molecular weight is 234 g/mol. The van der Waals surface area contributed by atoms with E-state index >= 15 is 0 Å². The fourth-order valence-corrected chi connectivity index (χ4v) is 1.96. The van der Waals surface area contributed by atoms with E-state index in [0.29, 0.717) is 5.92 Å². The lowest BCUT2D eigenvalue weighted by atomic mass is 9.96. The Kier molecular flexibility index (Phi) is 3.22. The molecule has 0 fully saturated rings. The summed E-state index contributed by atoms with van der Waals surface area (Å²) in [6, 6.07) is 5.49. The van der Waals surface area contributed by atoms with E-state index in [0.717, 1.165) is 23.5 Å². The van der Waals surface area contributed by atoms with Crippen molar-refractivity contribution in [2.75, 3.05) is 17.7 Å². The lowest BCUT2D eigenvalue weighted by Gasteiger charge is -2.30. The maximum Gasteiger partial charge on any atom is 0.247 e. The summed E-state index contributed by atoms with van der Waals surface area (Å²) >= 11 is 0. The molecule has 1 aliphatic rings. The number of amides is 1. The Bertz CT molecular complexity index is 431. The van der Waals surface area contributed by atoms with Crippen LogP contribution in [-0.2, 0) is 4.79 Å². The third-order valence-electron chi connectivity index (χ3n) is 3.29. The summed E-state index contributed by atoms with van der Waals surface area (Å²) < 4.78 is 5.13. The average Bonchev–Trinajstić information content (AvgIpc) is 2.36. The highest BCUT2D eigenvalue weighted by molar-refractivity contribution is 6.03. The summed E-state index contributed by atoms with van der Waals surface area (Å²) in [5.41, 5.74) is 1.74. The quantitative estimate of drug-likeness (QED) is 0.844. The predicted octanol–water partition coefficient (Wildman–Crippen LogP) is 2.47. The number of ether oxygens (including phenoxy) is 1. The zero-order chi connectivity index (χ0) is 12.4. The van der Waals surface area contributed by atoms with E-state index < -0.39 is 0 Å². The predicted molar refractivity (Wildman–Crippen MR) is 68.5 cm³/mol. The maximum atomic E-state index is 11.9. The van der Waals surface area contributed by atoms with Crippen molar-refractivity contribution in [1.82, 2.24) is 0 Å². The van der Waals surface area contributed by atoms with Crippen LogP contribution in [0.25, 0.3) is 0 Å². The van der Waals surface area contributed by atoms with Gasteiger partial charge >= 0.3 is 0 Å². The maximum absolute atomic E-state index is 11.9. The second-order valence-corrected chi connectivity index (χ2v) is 4.41. The van der Waals surface area contributed by atoms with Gasteiger partial charge in [0.15, 0.2) is 0 Å². The van der Waals surface area contributed by atoms with Crippen molar-refractivity contribution in [3.05, 3.63) is 18.2 Å². The van der Waals surface area contributed by atoms with Gasteiger partial charge in [-0.3, -0.25) is 4.79 Å². The first-order valence-corrected chi connectivity index (χ1v) is 5.91. The van der Waals surface area contributed by atoms with Gasteiger partial charge in [-0.25, -0.2) is 0 Å². The van der Waals surface area contributed by atoms with Crippen molar-refractivity contribution in [2.24, 2.45) is 5.92 Å². The van der Waals surface area contributed by atoms with Crippen LogP contribution in [0.5, 0.6) is 5.75 Å². The third-order valence-corrected chi connectivity index (χ3v) is 3.29. The standard InChI is InChI=1S/C13H18N2O2/c1-4-8(2)12-13(16)15-11-7-9(17-3)5-6-10(11)14-12/h5-8,12,14H,4H2,1-3H3,(H,15,16). The van der Waals surface area contributed by atoms with Gasteiger partial charge in [0, 0.05) is 6.07 Å². The molecule has 1 aliphatic heterocycles. The van der Waals surface area contributed by atoms with Crippen molar-refractivity contribution in [2.45, 2.75) is 26.3 Å². The lowest BCUT2D eigenvalue weighted by Crippen LogP contribution is -2.43. The largest absolute Gasteiger partial charge is 0.497 e. The Morgan fingerprint density at radius 1 is 1.41 bits per heavy atom. The van der Waals surface area contributed by atoms with Gasteiger partial charge in [-0.15, -0.1) is 0 Å². The molecule has 17 heavy (non-hydrogen) atoms. The molecule has 1 amide bonds. The zero-order valence-corrected chi connectivity index (χ0v) is 10.4. The molecule has 1 heterocycles. The van der Waals surface area contributed by atoms with Crippen LogP contribution in [0.4, 0.5) is 11.4 Å². The van der Waals surface area contributed by atoms with Crippen LogP contribution in [0.3, 0.4) is 0 Å². The number of nitrogens with one attached hydrogen (secondary N) is 2. The molecule has 1 aromatic carbocycles.